The van der Waals surface area contributed by atoms with Gasteiger partial charge in [-0.1, -0.05) is 41.4 Å². The molecule has 0 radical (unpaired) electrons. The van der Waals surface area contributed by atoms with Crippen LogP contribution in [-0.4, -0.2) is 18.4 Å². The molecule has 10 heteroatoms. The van der Waals surface area contributed by atoms with Gasteiger partial charge in [-0.3, -0.25) is 0 Å². The Morgan fingerprint density at radius 3 is 2.23 bits per heavy atom. The Balaban J connectivity index is 1.92. The van der Waals surface area contributed by atoms with Gasteiger partial charge in [0.1, 0.15) is 0 Å². The first-order valence-corrected chi connectivity index (χ1v) is 7.79. The molecule has 2 aromatic carbocycles. The van der Waals surface area contributed by atoms with Gasteiger partial charge < -0.3 is 5.73 Å². The Bertz CT molecular complexity index is 846. The van der Waals surface area contributed by atoms with Crippen molar-refractivity contribution in [3.8, 4) is 0 Å². The largest absolute Gasteiger partial charge is 0.416 e. The van der Waals surface area contributed by atoms with E-state index in [2.05, 4.69) is 20.7 Å². The van der Waals surface area contributed by atoms with E-state index in [1.165, 1.54) is 24.6 Å². The summed E-state index contributed by atoms with van der Waals surface area (Å²) < 4.78 is 37.4. The van der Waals surface area contributed by atoms with Gasteiger partial charge in [-0.15, -0.1) is 5.10 Å². The SMILES string of the molecule is NC(=N/N=C/c1ccc(C(F)(F)F)cc1)N/N=C/c1ccc(Cl)c(Cl)c1. The van der Waals surface area contributed by atoms with Crippen molar-refractivity contribution in [2.24, 2.45) is 21.0 Å². The molecule has 136 valence electrons. The molecule has 2 aromatic rings. The minimum atomic E-state index is -4.38. The summed E-state index contributed by atoms with van der Waals surface area (Å²) in [7, 11) is 0. The van der Waals surface area contributed by atoms with Crippen LogP contribution in [0.15, 0.2) is 57.8 Å². The minimum Gasteiger partial charge on any atom is -0.367 e. The molecule has 2 rings (SSSR count). The molecule has 3 N–H and O–H groups in total. The van der Waals surface area contributed by atoms with Crippen LogP contribution in [0.25, 0.3) is 0 Å². The van der Waals surface area contributed by atoms with Gasteiger partial charge in [0.25, 0.3) is 0 Å². The summed E-state index contributed by atoms with van der Waals surface area (Å²) in [5.74, 6) is -0.107. The lowest BCUT2D eigenvalue weighted by Gasteiger charge is -2.05. The zero-order chi connectivity index (χ0) is 19.2. The number of nitrogens with one attached hydrogen (secondary N) is 1. The number of hydrazone groups is 1. The molecule has 0 saturated carbocycles. The second-order valence-electron chi connectivity index (χ2n) is 4.89. The van der Waals surface area contributed by atoms with Crippen molar-refractivity contribution in [3.63, 3.8) is 0 Å². The topological polar surface area (TPSA) is 75.1 Å². The molecular formula is C16H12Cl2F3N5. The second kappa shape index (κ2) is 8.68. The van der Waals surface area contributed by atoms with Crippen LogP contribution in [0.5, 0.6) is 0 Å². The first-order chi connectivity index (χ1) is 12.3. The second-order valence-corrected chi connectivity index (χ2v) is 5.71. The Labute approximate surface area is 157 Å². The summed E-state index contributed by atoms with van der Waals surface area (Å²) >= 11 is 11.7. The molecule has 0 aliphatic rings. The van der Waals surface area contributed by atoms with Gasteiger partial charge in [0, 0.05) is 0 Å². The zero-order valence-electron chi connectivity index (χ0n) is 13.0. The maximum absolute atomic E-state index is 12.5. The Kier molecular flexibility index (Phi) is 6.59. The maximum Gasteiger partial charge on any atom is 0.416 e. The monoisotopic (exact) mass is 401 g/mol. The number of halogens is 5. The van der Waals surface area contributed by atoms with Crippen molar-refractivity contribution in [1.82, 2.24) is 5.43 Å². The fourth-order valence-corrected chi connectivity index (χ4v) is 2.01. The maximum atomic E-state index is 12.5. The Hall–Kier alpha value is -2.58. The smallest absolute Gasteiger partial charge is 0.367 e. The molecule has 26 heavy (non-hydrogen) atoms. The van der Waals surface area contributed by atoms with Gasteiger partial charge in [0.2, 0.25) is 5.96 Å². The molecule has 0 aromatic heterocycles. The average Bonchev–Trinajstić information content (AvgIpc) is 2.58. The lowest BCUT2D eigenvalue weighted by molar-refractivity contribution is -0.137. The highest BCUT2D eigenvalue weighted by Gasteiger charge is 2.29. The molecule has 0 atom stereocenters. The van der Waals surface area contributed by atoms with Crippen LogP contribution < -0.4 is 11.2 Å². The number of rotatable bonds is 4. The summed E-state index contributed by atoms with van der Waals surface area (Å²) in [4.78, 5) is 0. The van der Waals surface area contributed by atoms with E-state index >= 15 is 0 Å². The van der Waals surface area contributed by atoms with E-state index < -0.39 is 11.7 Å². The van der Waals surface area contributed by atoms with Crippen LogP contribution in [0, 0.1) is 0 Å². The molecule has 0 heterocycles. The highest BCUT2D eigenvalue weighted by molar-refractivity contribution is 6.42. The zero-order valence-corrected chi connectivity index (χ0v) is 14.5. The predicted molar refractivity (Wildman–Crippen MR) is 97.9 cm³/mol. The van der Waals surface area contributed by atoms with E-state index in [1.54, 1.807) is 18.2 Å². The van der Waals surface area contributed by atoms with Gasteiger partial charge in [-0.25, -0.2) is 5.43 Å². The van der Waals surface area contributed by atoms with E-state index in [-0.39, 0.29) is 5.96 Å². The highest BCUT2D eigenvalue weighted by atomic mass is 35.5. The molecule has 0 saturated heterocycles. The number of nitrogens with two attached hydrogens (primary N) is 1. The lowest BCUT2D eigenvalue weighted by atomic mass is 10.1. The van der Waals surface area contributed by atoms with Crippen LogP contribution in [0.1, 0.15) is 16.7 Å². The summed E-state index contributed by atoms with van der Waals surface area (Å²) in [6, 6.07) is 9.39. The number of hydrogen-bond acceptors (Lipinski definition) is 3. The van der Waals surface area contributed by atoms with Crippen molar-refractivity contribution >= 4 is 41.6 Å². The van der Waals surface area contributed by atoms with Crippen molar-refractivity contribution in [3.05, 3.63) is 69.2 Å². The van der Waals surface area contributed by atoms with Crippen LogP contribution in [0.4, 0.5) is 13.2 Å². The third-order valence-corrected chi connectivity index (χ3v) is 3.69. The average molecular weight is 402 g/mol. The van der Waals surface area contributed by atoms with E-state index in [0.29, 0.717) is 21.2 Å². The van der Waals surface area contributed by atoms with Gasteiger partial charge >= 0.3 is 6.18 Å². The number of guanidine groups is 1. The number of hydrogen-bond donors (Lipinski definition) is 2. The quantitative estimate of drug-likeness (QED) is 0.455. The van der Waals surface area contributed by atoms with Crippen LogP contribution in [0.2, 0.25) is 10.0 Å². The third-order valence-electron chi connectivity index (χ3n) is 2.95. The Morgan fingerprint density at radius 2 is 1.62 bits per heavy atom. The van der Waals surface area contributed by atoms with Gasteiger partial charge in [0.05, 0.1) is 28.0 Å². The third kappa shape index (κ3) is 6.05. The summed E-state index contributed by atoms with van der Waals surface area (Å²) in [5.41, 5.74) is 8.38. The first kappa shape index (κ1) is 19.7. The number of benzene rings is 2. The highest BCUT2D eigenvalue weighted by Crippen LogP contribution is 2.28. The molecule has 0 amide bonds. The van der Waals surface area contributed by atoms with Crippen molar-refractivity contribution in [2.45, 2.75) is 6.18 Å². The lowest BCUT2D eigenvalue weighted by Crippen LogP contribution is -2.26. The molecular weight excluding hydrogens is 390 g/mol. The summed E-state index contributed by atoms with van der Waals surface area (Å²) in [5, 5.41) is 11.9. The normalized spacial score (nSPS) is 12.9. The number of alkyl halides is 3. The predicted octanol–water partition coefficient (Wildman–Crippen LogP) is 4.28. The van der Waals surface area contributed by atoms with Crippen molar-refractivity contribution in [1.29, 1.82) is 0 Å². The summed E-state index contributed by atoms with van der Waals surface area (Å²) in [6.07, 6.45) is -1.67. The van der Waals surface area contributed by atoms with E-state index in [0.717, 1.165) is 12.1 Å². The van der Waals surface area contributed by atoms with Crippen molar-refractivity contribution in [2.75, 3.05) is 0 Å². The van der Waals surface area contributed by atoms with Crippen LogP contribution >= 0.6 is 23.2 Å². The molecule has 0 aliphatic heterocycles. The minimum absolute atomic E-state index is 0.107. The van der Waals surface area contributed by atoms with Gasteiger partial charge in [-0.2, -0.15) is 23.4 Å². The van der Waals surface area contributed by atoms with Crippen LogP contribution in [-0.2, 0) is 6.18 Å². The molecule has 0 fully saturated rings. The van der Waals surface area contributed by atoms with Crippen LogP contribution in [0.3, 0.4) is 0 Å². The molecule has 5 nitrogen and oxygen atoms in total. The number of nitrogens with zero attached hydrogens (tertiary/aromatic N) is 3. The standard InChI is InChI=1S/C16H12Cl2F3N5/c17-13-6-3-11(7-14(13)18)9-24-26-15(22)25-23-8-10-1-4-12(5-2-10)16(19,20)21/h1-9H,(H3,22,25,26)/b23-8+,24-9+. The first-order valence-electron chi connectivity index (χ1n) is 7.03. The van der Waals surface area contributed by atoms with E-state index in [1.807, 2.05) is 0 Å². The fourth-order valence-electron chi connectivity index (χ4n) is 1.70. The molecule has 0 aliphatic carbocycles. The molecule has 0 unspecified atom stereocenters. The Morgan fingerprint density at radius 1 is 0.962 bits per heavy atom. The fraction of sp³-hybridized carbons (Fsp3) is 0.0625. The van der Waals surface area contributed by atoms with E-state index in [4.69, 9.17) is 28.9 Å². The van der Waals surface area contributed by atoms with E-state index in [9.17, 15) is 13.2 Å². The molecule has 0 spiro atoms. The van der Waals surface area contributed by atoms with Gasteiger partial charge in [-0.05, 0) is 35.4 Å². The molecule has 0 bridgehead atoms. The van der Waals surface area contributed by atoms with Crippen molar-refractivity contribution < 1.29 is 13.2 Å². The summed E-state index contributed by atoms with van der Waals surface area (Å²) in [6.45, 7) is 0. The van der Waals surface area contributed by atoms with Gasteiger partial charge in [0.15, 0.2) is 0 Å².